The van der Waals surface area contributed by atoms with Crippen LogP contribution in [0.1, 0.15) is 35.7 Å². The molecule has 0 radical (unpaired) electrons. The van der Waals surface area contributed by atoms with Gasteiger partial charge in [-0.2, -0.15) is 0 Å². The molecule has 2 heterocycles. The van der Waals surface area contributed by atoms with Crippen LogP contribution in [-0.4, -0.2) is 17.2 Å². The fourth-order valence-electron chi connectivity index (χ4n) is 3.01. The molecule has 0 spiro atoms. The van der Waals surface area contributed by atoms with Crippen LogP contribution in [0.5, 0.6) is 11.5 Å². The quantitative estimate of drug-likeness (QED) is 0.755. The number of benzene rings is 2. The predicted molar refractivity (Wildman–Crippen MR) is 99.3 cm³/mol. The Morgan fingerprint density at radius 2 is 2.00 bits per heavy atom. The summed E-state index contributed by atoms with van der Waals surface area (Å²) in [6.07, 6.45) is 3.40. The average molecular weight is 348 g/mol. The Bertz CT molecular complexity index is 955. The zero-order chi connectivity index (χ0) is 17.9. The van der Waals surface area contributed by atoms with Gasteiger partial charge in [-0.05, 0) is 48.4 Å². The van der Waals surface area contributed by atoms with Crippen molar-refractivity contribution in [1.82, 2.24) is 10.3 Å². The molecule has 1 aromatic heterocycles. The van der Waals surface area contributed by atoms with Gasteiger partial charge in [0.15, 0.2) is 11.5 Å². The molecule has 2 aromatic carbocycles. The number of hydrogen-bond acceptors (Lipinski definition) is 4. The van der Waals surface area contributed by atoms with Crippen LogP contribution in [-0.2, 0) is 6.54 Å². The zero-order valence-electron chi connectivity index (χ0n) is 14.6. The van der Waals surface area contributed by atoms with E-state index in [2.05, 4.69) is 17.2 Å². The van der Waals surface area contributed by atoms with E-state index >= 15 is 0 Å². The number of amides is 1. The summed E-state index contributed by atoms with van der Waals surface area (Å²) < 4.78 is 11.5. The molecule has 0 saturated carbocycles. The van der Waals surface area contributed by atoms with Crippen molar-refractivity contribution in [3.63, 3.8) is 0 Å². The number of nitrogens with one attached hydrogen (secondary N) is 1. The molecule has 0 bridgehead atoms. The molecule has 1 aliphatic heterocycles. The van der Waals surface area contributed by atoms with Gasteiger partial charge in [0.2, 0.25) is 6.29 Å². The second-order valence-corrected chi connectivity index (χ2v) is 6.33. The first-order valence-electron chi connectivity index (χ1n) is 8.82. The Hall–Kier alpha value is -3.08. The minimum atomic E-state index is -0.203. The normalized spacial score (nSPS) is 15.2. The number of fused-ring (bicyclic) bond motifs is 2. The SMILES string of the molecule is CCCC1Oc2ccc(CNC(=O)c3ccc4ncccc4c3)cc2O1. The van der Waals surface area contributed by atoms with Crippen LogP contribution in [0.15, 0.2) is 54.7 Å². The molecule has 26 heavy (non-hydrogen) atoms. The van der Waals surface area contributed by atoms with Crippen LogP contribution < -0.4 is 14.8 Å². The van der Waals surface area contributed by atoms with Crippen LogP contribution in [0.25, 0.3) is 10.9 Å². The zero-order valence-corrected chi connectivity index (χ0v) is 14.6. The molecular weight excluding hydrogens is 328 g/mol. The molecule has 1 N–H and O–H groups in total. The van der Waals surface area contributed by atoms with Gasteiger partial charge < -0.3 is 14.8 Å². The predicted octanol–water partition coefficient (Wildman–Crippen LogP) is 4.06. The summed E-state index contributed by atoms with van der Waals surface area (Å²) in [7, 11) is 0. The first kappa shape index (κ1) is 16.4. The third-order valence-electron chi connectivity index (χ3n) is 4.37. The highest BCUT2D eigenvalue weighted by Crippen LogP contribution is 2.36. The van der Waals surface area contributed by atoms with Crippen molar-refractivity contribution in [1.29, 1.82) is 0 Å². The maximum absolute atomic E-state index is 12.4. The summed E-state index contributed by atoms with van der Waals surface area (Å²) in [5, 5.41) is 3.90. The fraction of sp³-hybridized carbons (Fsp3) is 0.238. The number of pyridine rings is 1. The van der Waals surface area contributed by atoms with Gasteiger partial charge in [0.1, 0.15) is 0 Å². The summed E-state index contributed by atoms with van der Waals surface area (Å²) in [6, 6.07) is 15.1. The minimum absolute atomic E-state index is 0.114. The van der Waals surface area contributed by atoms with Gasteiger partial charge in [0.05, 0.1) is 5.52 Å². The highest BCUT2D eigenvalue weighted by molar-refractivity contribution is 5.97. The summed E-state index contributed by atoms with van der Waals surface area (Å²) >= 11 is 0. The highest BCUT2D eigenvalue weighted by atomic mass is 16.7. The molecule has 5 nitrogen and oxygen atoms in total. The third-order valence-corrected chi connectivity index (χ3v) is 4.37. The smallest absolute Gasteiger partial charge is 0.251 e. The summed E-state index contributed by atoms with van der Waals surface area (Å²) in [5.74, 6) is 1.39. The number of carbonyl (C=O) groups is 1. The summed E-state index contributed by atoms with van der Waals surface area (Å²) in [4.78, 5) is 16.7. The van der Waals surface area contributed by atoms with Crippen molar-refractivity contribution < 1.29 is 14.3 Å². The number of nitrogens with zero attached hydrogens (tertiary/aromatic N) is 1. The van der Waals surface area contributed by atoms with Crippen molar-refractivity contribution in [3.8, 4) is 11.5 Å². The molecule has 1 amide bonds. The number of hydrogen-bond donors (Lipinski definition) is 1. The Morgan fingerprint density at radius 3 is 2.88 bits per heavy atom. The van der Waals surface area contributed by atoms with Crippen molar-refractivity contribution in [3.05, 3.63) is 65.9 Å². The van der Waals surface area contributed by atoms with Crippen LogP contribution >= 0.6 is 0 Å². The van der Waals surface area contributed by atoms with Crippen molar-refractivity contribution in [2.24, 2.45) is 0 Å². The Morgan fingerprint density at radius 1 is 1.12 bits per heavy atom. The van der Waals surface area contributed by atoms with Gasteiger partial charge >= 0.3 is 0 Å². The average Bonchev–Trinajstić information content (AvgIpc) is 3.07. The molecule has 0 saturated heterocycles. The lowest BCUT2D eigenvalue weighted by Gasteiger charge is -2.07. The van der Waals surface area contributed by atoms with Crippen LogP contribution in [0.4, 0.5) is 0 Å². The molecule has 0 aliphatic carbocycles. The van der Waals surface area contributed by atoms with Gasteiger partial charge in [0.25, 0.3) is 5.91 Å². The Labute approximate surface area is 152 Å². The molecule has 3 aromatic rings. The van der Waals surface area contributed by atoms with E-state index in [0.29, 0.717) is 12.1 Å². The van der Waals surface area contributed by atoms with E-state index in [1.54, 1.807) is 12.3 Å². The molecule has 1 unspecified atom stereocenters. The lowest BCUT2D eigenvalue weighted by atomic mass is 10.1. The lowest BCUT2D eigenvalue weighted by molar-refractivity contribution is 0.0413. The number of rotatable bonds is 5. The van der Waals surface area contributed by atoms with E-state index in [4.69, 9.17) is 9.47 Å². The van der Waals surface area contributed by atoms with E-state index in [9.17, 15) is 4.79 Å². The maximum atomic E-state index is 12.4. The first-order valence-corrected chi connectivity index (χ1v) is 8.82. The van der Waals surface area contributed by atoms with Gasteiger partial charge in [-0.25, -0.2) is 0 Å². The molecule has 4 rings (SSSR count). The second kappa shape index (κ2) is 7.04. The number of ether oxygens (including phenoxy) is 2. The van der Waals surface area contributed by atoms with E-state index in [1.165, 1.54) is 0 Å². The molecule has 132 valence electrons. The van der Waals surface area contributed by atoms with Crippen molar-refractivity contribution in [2.75, 3.05) is 0 Å². The fourth-order valence-corrected chi connectivity index (χ4v) is 3.01. The van der Waals surface area contributed by atoms with Gasteiger partial charge in [-0.3, -0.25) is 9.78 Å². The van der Waals surface area contributed by atoms with Crippen molar-refractivity contribution in [2.45, 2.75) is 32.6 Å². The van der Waals surface area contributed by atoms with E-state index < -0.39 is 0 Å². The van der Waals surface area contributed by atoms with E-state index in [1.807, 2.05) is 42.5 Å². The maximum Gasteiger partial charge on any atom is 0.251 e. The number of aromatic nitrogens is 1. The molecule has 1 atom stereocenters. The van der Waals surface area contributed by atoms with Gasteiger partial charge in [-0.1, -0.05) is 19.1 Å². The van der Waals surface area contributed by atoms with Gasteiger partial charge in [0, 0.05) is 30.1 Å². The molecule has 5 heteroatoms. The topological polar surface area (TPSA) is 60.5 Å². The van der Waals surface area contributed by atoms with E-state index in [-0.39, 0.29) is 12.2 Å². The Balaban J connectivity index is 1.42. The van der Waals surface area contributed by atoms with Crippen LogP contribution in [0, 0.1) is 0 Å². The van der Waals surface area contributed by atoms with Crippen LogP contribution in [0.3, 0.4) is 0 Å². The monoisotopic (exact) mass is 348 g/mol. The summed E-state index contributed by atoms with van der Waals surface area (Å²) in [5.41, 5.74) is 2.47. The van der Waals surface area contributed by atoms with Crippen LogP contribution in [0.2, 0.25) is 0 Å². The molecular formula is C21H20N2O3. The van der Waals surface area contributed by atoms with Crippen molar-refractivity contribution >= 4 is 16.8 Å². The number of carbonyl (C=O) groups excluding carboxylic acids is 1. The second-order valence-electron chi connectivity index (χ2n) is 6.33. The minimum Gasteiger partial charge on any atom is -0.451 e. The highest BCUT2D eigenvalue weighted by Gasteiger charge is 2.23. The first-order chi connectivity index (χ1) is 12.7. The lowest BCUT2D eigenvalue weighted by Crippen LogP contribution is -2.22. The summed E-state index contributed by atoms with van der Waals surface area (Å²) in [6.45, 7) is 2.53. The van der Waals surface area contributed by atoms with E-state index in [0.717, 1.165) is 40.8 Å². The Kier molecular flexibility index (Phi) is 4.44. The molecule has 0 fully saturated rings. The largest absolute Gasteiger partial charge is 0.451 e. The third kappa shape index (κ3) is 3.33. The van der Waals surface area contributed by atoms with Gasteiger partial charge in [-0.15, -0.1) is 0 Å². The molecule has 1 aliphatic rings. The standard InChI is InChI=1S/C21H20N2O3/c1-2-4-20-25-18-9-6-14(11-19(18)26-20)13-23-21(24)16-7-8-17-15(12-16)5-3-10-22-17/h3,5-12,20H,2,4,13H2,1H3,(H,23,24).